The van der Waals surface area contributed by atoms with Crippen LogP contribution < -0.4 is 5.32 Å². The number of thioether (sulfide) groups is 1. The molecule has 1 amide bonds. The minimum atomic E-state index is -1.13. The first-order valence-corrected chi connectivity index (χ1v) is 7.74. The Morgan fingerprint density at radius 1 is 1.22 bits per heavy atom. The minimum Gasteiger partial charge on any atom is -0.480 e. The van der Waals surface area contributed by atoms with Crippen molar-refractivity contribution in [3.05, 3.63) is 0 Å². The second kappa shape index (κ2) is 9.25. The zero-order valence-corrected chi connectivity index (χ0v) is 12.4. The van der Waals surface area contributed by atoms with Crippen LogP contribution in [-0.2, 0) is 9.59 Å². The predicted molar refractivity (Wildman–Crippen MR) is 75.9 cm³/mol. The number of aliphatic carboxylic acids is 1. The molecule has 0 saturated heterocycles. The summed E-state index contributed by atoms with van der Waals surface area (Å²) in [4.78, 5) is 22.8. The fraction of sp³-hybridized carbons (Fsp3) is 0.846. The molecule has 5 heteroatoms. The van der Waals surface area contributed by atoms with Crippen LogP contribution in [0.5, 0.6) is 0 Å². The molecule has 0 aromatic carbocycles. The van der Waals surface area contributed by atoms with Gasteiger partial charge in [-0.15, -0.1) is 0 Å². The van der Waals surface area contributed by atoms with Crippen LogP contribution in [0.3, 0.4) is 0 Å². The van der Waals surface area contributed by atoms with Crippen molar-refractivity contribution in [2.75, 3.05) is 11.5 Å². The van der Waals surface area contributed by atoms with E-state index in [1.165, 1.54) is 0 Å². The quantitative estimate of drug-likeness (QED) is 0.602. The summed E-state index contributed by atoms with van der Waals surface area (Å²) in [5, 5.41) is 11.8. The van der Waals surface area contributed by atoms with Crippen molar-refractivity contribution in [3.8, 4) is 0 Å². The Balaban J connectivity index is 4.00. The molecule has 106 valence electrons. The number of carbonyl (C=O) groups excluding carboxylic acids is 1. The number of carboxylic acid groups (broad SMARTS) is 1. The van der Waals surface area contributed by atoms with E-state index in [4.69, 9.17) is 5.11 Å². The van der Waals surface area contributed by atoms with Crippen molar-refractivity contribution in [1.29, 1.82) is 0 Å². The summed E-state index contributed by atoms with van der Waals surface area (Å²) in [5.41, 5.74) is -1.13. The van der Waals surface area contributed by atoms with Crippen molar-refractivity contribution < 1.29 is 14.7 Å². The molecule has 0 aromatic heterocycles. The number of amides is 1. The van der Waals surface area contributed by atoms with Crippen molar-refractivity contribution in [3.63, 3.8) is 0 Å². The van der Waals surface area contributed by atoms with E-state index in [2.05, 4.69) is 12.2 Å². The highest BCUT2D eigenvalue weighted by molar-refractivity contribution is 7.99. The lowest BCUT2D eigenvalue weighted by atomic mass is 9.96. The van der Waals surface area contributed by atoms with Gasteiger partial charge in [0.2, 0.25) is 5.91 Å². The lowest BCUT2D eigenvalue weighted by Gasteiger charge is -2.25. The van der Waals surface area contributed by atoms with Crippen LogP contribution in [0.1, 0.15) is 52.9 Å². The van der Waals surface area contributed by atoms with Crippen LogP contribution in [-0.4, -0.2) is 34.0 Å². The van der Waals surface area contributed by atoms with Crippen molar-refractivity contribution in [1.82, 2.24) is 5.32 Å². The molecule has 0 aliphatic heterocycles. The highest BCUT2D eigenvalue weighted by atomic mass is 32.2. The Kier molecular flexibility index (Phi) is 8.89. The van der Waals surface area contributed by atoms with Crippen LogP contribution in [0.2, 0.25) is 0 Å². The van der Waals surface area contributed by atoms with Gasteiger partial charge in [-0.3, -0.25) is 4.79 Å². The molecule has 0 heterocycles. The van der Waals surface area contributed by atoms with E-state index in [1.54, 1.807) is 18.7 Å². The van der Waals surface area contributed by atoms with Crippen LogP contribution in [0.15, 0.2) is 0 Å². The lowest BCUT2D eigenvalue weighted by Crippen LogP contribution is -2.52. The standard InChI is InChI=1S/C13H25NO3S/c1-4-6-9-18-10-7-11(15)14-13(3,8-5-2)12(16)17/h4-10H2,1-3H3,(H,14,15)(H,16,17). The minimum absolute atomic E-state index is 0.169. The molecule has 18 heavy (non-hydrogen) atoms. The van der Waals surface area contributed by atoms with Crippen molar-refractivity contribution in [2.45, 2.75) is 58.4 Å². The summed E-state index contributed by atoms with van der Waals surface area (Å²) >= 11 is 1.75. The fourth-order valence-electron chi connectivity index (χ4n) is 1.61. The zero-order valence-electron chi connectivity index (χ0n) is 11.6. The Morgan fingerprint density at radius 3 is 2.39 bits per heavy atom. The summed E-state index contributed by atoms with van der Waals surface area (Å²) in [7, 11) is 0. The first-order valence-electron chi connectivity index (χ1n) is 6.58. The fourth-order valence-corrected chi connectivity index (χ4v) is 2.63. The zero-order chi connectivity index (χ0) is 14.0. The summed E-state index contributed by atoms with van der Waals surface area (Å²) in [6, 6.07) is 0. The van der Waals surface area contributed by atoms with Gasteiger partial charge in [0.05, 0.1) is 0 Å². The molecule has 4 nitrogen and oxygen atoms in total. The van der Waals surface area contributed by atoms with Gasteiger partial charge in [-0.25, -0.2) is 4.79 Å². The van der Waals surface area contributed by atoms with Gasteiger partial charge in [-0.1, -0.05) is 26.7 Å². The molecule has 0 rings (SSSR count). The van der Waals surface area contributed by atoms with Gasteiger partial charge >= 0.3 is 5.97 Å². The Labute approximate surface area is 114 Å². The Morgan fingerprint density at radius 2 is 1.89 bits per heavy atom. The average Bonchev–Trinajstić information content (AvgIpc) is 2.28. The summed E-state index contributed by atoms with van der Waals surface area (Å²) in [5.74, 6) is 0.691. The number of carbonyl (C=O) groups is 2. The molecule has 0 aromatic rings. The lowest BCUT2D eigenvalue weighted by molar-refractivity contribution is -0.147. The maximum Gasteiger partial charge on any atom is 0.329 e. The van der Waals surface area contributed by atoms with Crippen molar-refractivity contribution in [2.24, 2.45) is 0 Å². The molecule has 2 N–H and O–H groups in total. The normalized spacial score (nSPS) is 13.9. The van der Waals surface area contributed by atoms with Gasteiger partial charge < -0.3 is 10.4 Å². The Bertz CT molecular complexity index is 271. The van der Waals surface area contributed by atoms with Gasteiger partial charge in [-0.2, -0.15) is 11.8 Å². The third kappa shape index (κ3) is 6.89. The number of hydrogen-bond donors (Lipinski definition) is 2. The smallest absolute Gasteiger partial charge is 0.329 e. The van der Waals surface area contributed by atoms with Crippen LogP contribution >= 0.6 is 11.8 Å². The summed E-state index contributed by atoms with van der Waals surface area (Å²) < 4.78 is 0. The van der Waals surface area contributed by atoms with Gasteiger partial charge in [0.25, 0.3) is 0 Å². The summed E-state index contributed by atoms with van der Waals surface area (Å²) in [6.07, 6.45) is 3.90. The highest BCUT2D eigenvalue weighted by Gasteiger charge is 2.33. The molecule has 0 radical (unpaired) electrons. The molecular weight excluding hydrogens is 250 g/mol. The predicted octanol–water partition coefficient (Wildman–Crippen LogP) is 2.67. The number of hydrogen-bond acceptors (Lipinski definition) is 3. The summed E-state index contributed by atoms with van der Waals surface area (Å²) in [6.45, 7) is 5.62. The average molecular weight is 275 g/mol. The monoisotopic (exact) mass is 275 g/mol. The van der Waals surface area contributed by atoms with Gasteiger partial charge in [-0.05, 0) is 25.5 Å². The number of nitrogens with one attached hydrogen (secondary N) is 1. The molecule has 0 saturated carbocycles. The number of carboxylic acids is 1. The van der Waals surface area contributed by atoms with E-state index in [-0.39, 0.29) is 5.91 Å². The highest BCUT2D eigenvalue weighted by Crippen LogP contribution is 2.13. The molecule has 0 bridgehead atoms. The van der Waals surface area contributed by atoms with E-state index in [0.29, 0.717) is 12.8 Å². The molecule has 0 aliphatic rings. The van der Waals surface area contributed by atoms with Crippen LogP contribution in [0.4, 0.5) is 0 Å². The molecule has 0 aliphatic carbocycles. The number of rotatable bonds is 10. The molecule has 0 spiro atoms. The first kappa shape index (κ1) is 17.3. The maximum absolute atomic E-state index is 11.7. The van der Waals surface area contributed by atoms with E-state index >= 15 is 0 Å². The molecular formula is C13H25NO3S. The van der Waals surface area contributed by atoms with Gasteiger partial charge in [0.15, 0.2) is 0 Å². The van der Waals surface area contributed by atoms with Crippen LogP contribution in [0.25, 0.3) is 0 Å². The van der Waals surface area contributed by atoms with E-state index in [0.717, 1.165) is 30.8 Å². The van der Waals surface area contributed by atoms with E-state index in [9.17, 15) is 9.59 Å². The van der Waals surface area contributed by atoms with E-state index in [1.807, 2.05) is 6.92 Å². The maximum atomic E-state index is 11.7. The van der Waals surface area contributed by atoms with Crippen molar-refractivity contribution >= 4 is 23.6 Å². The molecule has 0 fully saturated rings. The third-order valence-corrected chi connectivity index (χ3v) is 3.82. The second-order valence-electron chi connectivity index (χ2n) is 4.65. The third-order valence-electron chi connectivity index (χ3n) is 2.75. The van der Waals surface area contributed by atoms with Gasteiger partial charge in [0.1, 0.15) is 5.54 Å². The first-order chi connectivity index (χ1) is 8.46. The number of unbranched alkanes of at least 4 members (excludes halogenated alkanes) is 1. The van der Waals surface area contributed by atoms with Gasteiger partial charge in [0, 0.05) is 12.2 Å². The topological polar surface area (TPSA) is 66.4 Å². The Hall–Kier alpha value is -0.710. The van der Waals surface area contributed by atoms with E-state index < -0.39 is 11.5 Å². The SMILES string of the molecule is CCCCSCCC(=O)NC(C)(CCC)C(=O)O. The molecule has 1 unspecified atom stereocenters. The molecule has 1 atom stereocenters. The second-order valence-corrected chi connectivity index (χ2v) is 5.88. The largest absolute Gasteiger partial charge is 0.480 e. The van der Waals surface area contributed by atoms with Crippen LogP contribution in [0, 0.1) is 0 Å².